The molecule has 1 atom stereocenters. The highest BCUT2D eigenvalue weighted by Crippen LogP contribution is 2.32. The molecule has 0 saturated heterocycles. The molecule has 4 rings (SSSR count). The third-order valence-electron chi connectivity index (χ3n) is 5.65. The first-order valence-corrected chi connectivity index (χ1v) is 10.9. The quantitative estimate of drug-likeness (QED) is 0.513. The van der Waals surface area contributed by atoms with Crippen LogP contribution in [-0.2, 0) is 14.4 Å². The lowest BCUT2D eigenvalue weighted by Gasteiger charge is -2.34. The Balaban J connectivity index is 1.50. The van der Waals surface area contributed by atoms with Crippen LogP contribution in [-0.4, -0.2) is 30.3 Å². The maximum Gasteiger partial charge on any atom is 0.250 e. The molecular formula is C26H25FN4O3. The molecule has 3 N–H and O–H groups in total. The topological polar surface area (TPSA) is 90.5 Å². The minimum atomic E-state index is -0.858. The van der Waals surface area contributed by atoms with Crippen LogP contribution in [0.3, 0.4) is 0 Å². The number of carbonyl (C=O) groups is 3. The lowest BCUT2D eigenvalue weighted by molar-refractivity contribution is -0.124. The highest BCUT2D eigenvalue weighted by molar-refractivity contribution is 6.11. The zero-order chi connectivity index (χ0) is 24.2. The summed E-state index contributed by atoms with van der Waals surface area (Å²) in [6.07, 6.45) is -0.153. The van der Waals surface area contributed by atoms with E-state index in [4.69, 9.17) is 0 Å². The van der Waals surface area contributed by atoms with Crippen LogP contribution in [0.25, 0.3) is 0 Å². The van der Waals surface area contributed by atoms with E-state index in [1.54, 1.807) is 18.2 Å². The number of rotatable bonds is 6. The Morgan fingerprint density at radius 3 is 2.29 bits per heavy atom. The molecular weight excluding hydrogens is 435 g/mol. The first kappa shape index (κ1) is 23.0. The molecule has 0 spiro atoms. The van der Waals surface area contributed by atoms with Crippen molar-refractivity contribution in [3.05, 3.63) is 83.7 Å². The number of nitrogens with zero attached hydrogens (tertiary/aromatic N) is 1. The SMILES string of the molecule is Cc1cccc(C)c1NC(=O)CN1C(=O)[C@H](CC(=O)Nc2ccc(F)cc2)Nc2ccccc21. The van der Waals surface area contributed by atoms with Crippen LogP contribution in [0.4, 0.5) is 27.1 Å². The number of halogens is 1. The van der Waals surface area contributed by atoms with E-state index in [0.717, 1.165) is 16.8 Å². The van der Waals surface area contributed by atoms with Crippen LogP contribution in [0.2, 0.25) is 0 Å². The van der Waals surface area contributed by atoms with Gasteiger partial charge in [0.15, 0.2) is 0 Å². The minimum absolute atomic E-state index is 0.153. The van der Waals surface area contributed by atoms with Gasteiger partial charge in [0.25, 0.3) is 5.91 Å². The smallest absolute Gasteiger partial charge is 0.250 e. The fraction of sp³-hybridized carbons (Fsp3) is 0.192. The van der Waals surface area contributed by atoms with E-state index in [1.165, 1.54) is 29.2 Å². The Hall–Kier alpha value is -4.20. The Morgan fingerprint density at radius 2 is 1.59 bits per heavy atom. The molecule has 7 nitrogen and oxygen atoms in total. The van der Waals surface area contributed by atoms with E-state index in [2.05, 4.69) is 16.0 Å². The van der Waals surface area contributed by atoms with Gasteiger partial charge in [-0.25, -0.2) is 4.39 Å². The summed E-state index contributed by atoms with van der Waals surface area (Å²) >= 11 is 0. The van der Waals surface area contributed by atoms with Gasteiger partial charge in [-0.15, -0.1) is 0 Å². The van der Waals surface area contributed by atoms with Gasteiger partial charge in [-0.3, -0.25) is 19.3 Å². The normalized spacial score (nSPS) is 14.7. The van der Waals surface area contributed by atoms with E-state index in [9.17, 15) is 18.8 Å². The Kier molecular flexibility index (Phi) is 6.58. The second kappa shape index (κ2) is 9.74. The maximum absolute atomic E-state index is 13.3. The van der Waals surface area contributed by atoms with Crippen molar-refractivity contribution in [3.8, 4) is 0 Å². The first-order chi connectivity index (χ1) is 16.3. The largest absolute Gasteiger partial charge is 0.372 e. The molecule has 1 aliphatic rings. The van der Waals surface area contributed by atoms with Gasteiger partial charge in [0, 0.05) is 11.4 Å². The van der Waals surface area contributed by atoms with Crippen molar-refractivity contribution in [1.29, 1.82) is 0 Å². The number of benzene rings is 3. The third-order valence-corrected chi connectivity index (χ3v) is 5.65. The molecule has 3 aromatic carbocycles. The molecule has 0 bridgehead atoms. The third kappa shape index (κ3) is 5.06. The van der Waals surface area contributed by atoms with Gasteiger partial charge in [0.05, 0.1) is 17.8 Å². The number of hydrogen-bond donors (Lipinski definition) is 3. The molecule has 3 aromatic rings. The molecule has 3 amide bonds. The summed E-state index contributed by atoms with van der Waals surface area (Å²) in [6.45, 7) is 3.62. The van der Waals surface area contributed by atoms with Crippen molar-refractivity contribution in [2.45, 2.75) is 26.3 Å². The number of para-hydroxylation sites is 3. The van der Waals surface area contributed by atoms with Crippen molar-refractivity contribution < 1.29 is 18.8 Å². The minimum Gasteiger partial charge on any atom is -0.372 e. The Labute approximate surface area is 197 Å². The van der Waals surface area contributed by atoms with Crippen molar-refractivity contribution >= 4 is 40.5 Å². The number of anilines is 4. The van der Waals surface area contributed by atoms with Crippen molar-refractivity contribution in [2.75, 3.05) is 27.4 Å². The number of aryl methyl sites for hydroxylation is 2. The van der Waals surface area contributed by atoms with Crippen LogP contribution in [0.1, 0.15) is 17.5 Å². The zero-order valence-electron chi connectivity index (χ0n) is 18.9. The highest BCUT2D eigenvalue weighted by Gasteiger charge is 2.34. The van der Waals surface area contributed by atoms with Crippen LogP contribution < -0.4 is 20.9 Å². The lowest BCUT2D eigenvalue weighted by Crippen LogP contribution is -2.51. The number of nitrogens with one attached hydrogen (secondary N) is 3. The summed E-state index contributed by atoms with van der Waals surface area (Å²) < 4.78 is 13.1. The van der Waals surface area contributed by atoms with E-state index in [1.807, 2.05) is 38.1 Å². The molecule has 174 valence electrons. The summed E-state index contributed by atoms with van der Waals surface area (Å²) in [5, 5.41) is 8.67. The molecule has 0 radical (unpaired) electrons. The van der Waals surface area contributed by atoms with Gasteiger partial charge >= 0.3 is 0 Å². The molecule has 34 heavy (non-hydrogen) atoms. The molecule has 0 unspecified atom stereocenters. The maximum atomic E-state index is 13.3. The predicted octanol–water partition coefficient (Wildman–Crippen LogP) is 4.24. The molecule has 0 fully saturated rings. The average molecular weight is 461 g/mol. The van der Waals surface area contributed by atoms with Gasteiger partial charge < -0.3 is 16.0 Å². The van der Waals surface area contributed by atoms with Gasteiger partial charge in [0.1, 0.15) is 18.4 Å². The van der Waals surface area contributed by atoms with Crippen LogP contribution in [0.15, 0.2) is 66.7 Å². The second-order valence-electron chi connectivity index (χ2n) is 8.21. The van der Waals surface area contributed by atoms with E-state index >= 15 is 0 Å². The molecule has 0 aliphatic carbocycles. The van der Waals surface area contributed by atoms with Crippen LogP contribution in [0, 0.1) is 19.7 Å². The van der Waals surface area contributed by atoms with Crippen molar-refractivity contribution in [1.82, 2.24) is 0 Å². The fourth-order valence-corrected chi connectivity index (χ4v) is 3.95. The van der Waals surface area contributed by atoms with E-state index in [-0.39, 0.29) is 24.8 Å². The molecule has 8 heteroatoms. The molecule has 1 aliphatic heterocycles. The van der Waals surface area contributed by atoms with Crippen molar-refractivity contribution in [2.24, 2.45) is 0 Å². The van der Waals surface area contributed by atoms with Crippen LogP contribution in [0.5, 0.6) is 0 Å². The number of hydrogen-bond acceptors (Lipinski definition) is 4. The van der Waals surface area contributed by atoms with Crippen molar-refractivity contribution in [3.63, 3.8) is 0 Å². The molecule has 1 heterocycles. The summed E-state index contributed by atoms with van der Waals surface area (Å²) in [4.78, 5) is 40.2. The highest BCUT2D eigenvalue weighted by atomic mass is 19.1. The van der Waals surface area contributed by atoms with E-state index in [0.29, 0.717) is 17.1 Å². The first-order valence-electron chi connectivity index (χ1n) is 10.9. The second-order valence-corrected chi connectivity index (χ2v) is 8.21. The number of fused-ring (bicyclic) bond motifs is 1. The van der Waals surface area contributed by atoms with Gasteiger partial charge in [0.2, 0.25) is 11.8 Å². The van der Waals surface area contributed by atoms with Crippen LogP contribution >= 0.6 is 0 Å². The molecule has 0 aromatic heterocycles. The summed E-state index contributed by atoms with van der Waals surface area (Å²) in [7, 11) is 0. The summed E-state index contributed by atoms with van der Waals surface area (Å²) in [5.74, 6) is -1.54. The van der Waals surface area contributed by atoms with Gasteiger partial charge in [-0.2, -0.15) is 0 Å². The summed E-state index contributed by atoms with van der Waals surface area (Å²) in [5.41, 5.74) is 4.23. The number of amides is 3. The van der Waals surface area contributed by atoms with Gasteiger partial charge in [-0.05, 0) is 61.4 Å². The zero-order valence-corrected chi connectivity index (χ0v) is 18.9. The average Bonchev–Trinajstić information content (AvgIpc) is 2.80. The Bertz CT molecular complexity index is 1220. The Morgan fingerprint density at radius 1 is 0.912 bits per heavy atom. The monoisotopic (exact) mass is 460 g/mol. The van der Waals surface area contributed by atoms with E-state index < -0.39 is 17.8 Å². The number of carbonyl (C=O) groups excluding carboxylic acids is 3. The fourth-order valence-electron chi connectivity index (χ4n) is 3.95. The molecule has 0 saturated carbocycles. The predicted molar refractivity (Wildman–Crippen MR) is 130 cm³/mol. The standard InChI is InChI=1S/C26H25FN4O3/c1-16-6-5-7-17(2)25(16)30-24(33)15-31-22-9-4-3-8-20(22)29-21(26(31)34)14-23(32)28-19-12-10-18(27)11-13-19/h3-13,21,29H,14-15H2,1-2H3,(H,28,32)(H,30,33)/t21-/m0/s1. The summed E-state index contributed by atoms with van der Waals surface area (Å²) in [6, 6.07) is 17.4. The lowest BCUT2D eigenvalue weighted by atomic mass is 10.1. The van der Waals surface area contributed by atoms with Gasteiger partial charge in [-0.1, -0.05) is 30.3 Å².